The van der Waals surface area contributed by atoms with Gasteiger partial charge in [-0.3, -0.25) is 28.8 Å². The number of thiophene rings is 1. The van der Waals surface area contributed by atoms with Crippen molar-refractivity contribution in [2.45, 2.75) is 45.7 Å². The normalized spacial score (nSPS) is 15.8. The van der Waals surface area contributed by atoms with Crippen LogP contribution in [0.25, 0.3) is 0 Å². The SMILES string of the molecule is CCCCn1c(N)c(N(Cc2ccco2)C(=O)C2CCCN(C(=O)c3cccs3)C2)c(=O)[nH]c1=O. The number of nitrogens with one attached hydrogen (secondary N) is 1. The number of unbranched alkanes of at least 4 members (excludes halogenated alkanes) is 1. The average molecular weight is 500 g/mol. The van der Waals surface area contributed by atoms with E-state index in [0.717, 1.165) is 6.42 Å². The third kappa shape index (κ3) is 5.24. The van der Waals surface area contributed by atoms with E-state index in [0.29, 0.717) is 43.0 Å². The van der Waals surface area contributed by atoms with E-state index in [-0.39, 0.29) is 36.4 Å². The van der Waals surface area contributed by atoms with E-state index >= 15 is 0 Å². The monoisotopic (exact) mass is 499 g/mol. The zero-order chi connectivity index (χ0) is 24.9. The number of nitrogens with two attached hydrogens (primary N) is 1. The lowest BCUT2D eigenvalue weighted by molar-refractivity contribution is -0.123. The van der Waals surface area contributed by atoms with Crippen LogP contribution in [0.15, 0.2) is 49.9 Å². The van der Waals surface area contributed by atoms with Crippen LogP contribution < -0.4 is 21.9 Å². The molecule has 0 radical (unpaired) electrons. The van der Waals surface area contributed by atoms with Crippen molar-refractivity contribution in [2.75, 3.05) is 23.7 Å². The Morgan fingerprint density at radius 3 is 2.80 bits per heavy atom. The molecular weight excluding hydrogens is 470 g/mol. The van der Waals surface area contributed by atoms with Crippen LogP contribution in [-0.2, 0) is 17.9 Å². The van der Waals surface area contributed by atoms with Crippen LogP contribution >= 0.6 is 11.3 Å². The molecule has 0 aromatic carbocycles. The van der Waals surface area contributed by atoms with Gasteiger partial charge in [0.25, 0.3) is 11.5 Å². The highest BCUT2D eigenvalue weighted by Crippen LogP contribution is 2.27. The van der Waals surface area contributed by atoms with Crippen molar-refractivity contribution in [3.63, 3.8) is 0 Å². The molecule has 2 amide bonds. The van der Waals surface area contributed by atoms with Crippen LogP contribution in [0.2, 0.25) is 0 Å². The number of carbonyl (C=O) groups excluding carboxylic acids is 2. The molecule has 1 unspecified atom stereocenters. The number of furan rings is 1. The average Bonchev–Trinajstić information content (AvgIpc) is 3.57. The fourth-order valence-corrected chi connectivity index (χ4v) is 5.03. The number of hydrogen-bond acceptors (Lipinski definition) is 7. The maximum Gasteiger partial charge on any atom is 0.330 e. The molecule has 1 atom stereocenters. The molecule has 1 aliphatic rings. The van der Waals surface area contributed by atoms with Gasteiger partial charge in [0.15, 0.2) is 5.69 Å². The number of amides is 2. The van der Waals surface area contributed by atoms with Crippen LogP contribution in [0.5, 0.6) is 0 Å². The number of piperidine rings is 1. The highest BCUT2D eigenvalue weighted by Gasteiger charge is 2.35. The Kier molecular flexibility index (Phi) is 7.54. The molecule has 11 heteroatoms. The third-order valence-corrected chi connectivity index (χ3v) is 7.03. The van der Waals surface area contributed by atoms with Crippen LogP contribution in [0, 0.1) is 5.92 Å². The lowest BCUT2D eigenvalue weighted by Gasteiger charge is -2.34. The largest absolute Gasteiger partial charge is 0.467 e. The van der Waals surface area contributed by atoms with Gasteiger partial charge in [0.1, 0.15) is 11.6 Å². The molecule has 1 fully saturated rings. The summed E-state index contributed by atoms with van der Waals surface area (Å²) in [5, 5.41) is 1.84. The number of likely N-dealkylation sites (tertiary alicyclic amines) is 1. The lowest BCUT2D eigenvalue weighted by atomic mass is 9.96. The first-order valence-electron chi connectivity index (χ1n) is 11.7. The molecular formula is C24H29N5O5S. The van der Waals surface area contributed by atoms with E-state index < -0.39 is 17.2 Å². The fraction of sp³-hybridized carbons (Fsp3) is 0.417. The summed E-state index contributed by atoms with van der Waals surface area (Å²) < 4.78 is 6.74. The molecule has 0 spiro atoms. The van der Waals surface area contributed by atoms with E-state index in [4.69, 9.17) is 10.2 Å². The molecule has 1 aliphatic heterocycles. The summed E-state index contributed by atoms with van der Waals surface area (Å²) in [6, 6.07) is 6.97. The highest BCUT2D eigenvalue weighted by atomic mass is 32.1. The van der Waals surface area contributed by atoms with Gasteiger partial charge in [-0.1, -0.05) is 19.4 Å². The number of rotatable bonds is 8. The zero-order valence-corrected chi connectivity index (χ0v) is 20.4. The summed E-state index contributed by atoms with van der Waals surface area (Å²) in [5.41, 5.74) is 4.89. The van der Waals surface area contributed by atoms with Gasteiger partial charge in [0.05, 0.1) is 23.6 Å². The van der Waals surface area contributed by atoms with E-state index in [1.807, 2.05) is 18.4 Å². The molecule has 4 heterocycles. The molecule has 0 saturated carbocycles. The van der Waals surface area contributed by atoms with Gasteiger partial charge in [-0.05, 0) is 42.8 Å². The Morgan fingerprint density at radius 1 is 1.29 bits per heavy atom. The minimum atomic E-state index is -0.734. The van der Waals surface area contributed by atoms with E-state index in [1.54, 1.807) is 23.1 Å². The molecule has 35 heavy (non-hydrogen) atoms. The number of hydrogen-bond donors (Lipinski definition) is 2. The molecule has 1 saturated heterocycles. The molecule has 3 N–H and O–H groups in total. The van der Waals surface area contributed by atoms with Crippen molar-refractivity contribution in [1.82, 2.24) is 14.5 Å². The maximum atomic E-state index is 13.8. The summed E-state index contributed by atoms with van der Waals surface area (Å²) in [4.78, 5) is 58.0. The molecule has 3 aromatic heterocycles. The molecule has 0 aliphatic carbocycles. The number of nitrogen functional groups attached to an aromatic ring is 1. The molecule has 186 valence electrons. The first-order valence-corrected chi connectivity index (χ1v) is 12.6. The number of aromatic nitrogens is 2. The number of nitrogens with zero attached hydrogens (tertiary/aromatic N) is 3. The standard InChI is InChI=1S/C24H29N5O5S/c1-2-3-11-28-20(25)19(21(30)26-24(28)33)29(15-17-8-5-12-34-17)22(31)16-7-4-10-27(14-16)23(32)18-9-6-13-35-18/h5-6,8-9,12-13,16H,2-4,7,10-11,14-15,25H2,1H3,(H,26,30,33). The second-order valence-electron chi connectivity index (χ2n) is 8.57. The smallest absolute Gasteiger partial charge is 0.330 e. The van der Waals surface area contributed by atoms with Gasteiger partial charge in [-0.2, -0.15) is 0 Å². The number of anilines is 2. The third-order valence-electron chi connectivity index (χ3n) is 6.17. The number of H-pyrrole nitrogens is 1. The second-order valence-corrected chi connectivity index (χ2v) is 9.52. The van der Waals surface area contributed by atoms with Gasteiger partial charge >= 0.3 is 5.69 Å². The minimum Gasteiger partial charge on any atom is -0.467 e. The number of aromatic amines is 1. The van der Waals surface area contributed by atoms with Crippen LogP contribution in [0.3, 0.4) is 0 Å². The Hall–Kier alpha value is -3.60. The summed E-state index contributed by atoms with van der Waals surface area (Å²) in [6.45, 7) is 3.06. The number of carbonyl (C=O) groups is 2. The molecule has 0 bridgehead atoms. The lowest BCUT2D eigenvalue weighted by Crippen LogP contribution is -2.48. The Balaban J connectivity index is 1.68. The first kappa shape index (κ1) is 24.5. The summed E-state index contributed by atoms with van der Waals surface area (Å²) in [5.74, 6) is -0.582. The first-order chi connectivity index (χ1) is 16.9. The van der Waals surface area contributed by atoms with Crippen molar-refractivity contribution in [3.05, 3.63) is 67.4 Å². The summed E-state index contributed by atoms with van der Waals surface area (Å²) in [6.07, 6.45) is 4.21. The fourth-order valence-electron chi connectivity index (χ4n) is 4.34. The predicted molar refractivity (Wildman–Crippen MR) is 133 cm³/mol. The van der Waals surface area contributed by atoms with Crippen LogP contribution in [-0.4, -0.2) is 39.4 Å². The van der Waals surface area contributed by atoms with Crippen molar-refractivity contribution in [2.24, 2.45) is 5.92 Å². The Morgan fingerprint density at radius 2 is 2.11 bits per heavy atom. The Bertz CT molecular complexity index is 1280. The van der Waals surface area contributed by atoms with Crippen molar-refractivity contribution >= 4 is 34.7 Å². The summed E-state index contributed by atoms with van der Waals surface area (Å²) >= 11 is 1.36. The summed E-state index contributed by atoms with van der Waals surface area (Å²) in [7, 11) is 0. The molecule has 10 nitrogen and oxygen atoms in total. The van der Waals surface area contributed by atoms with Gasteiger partial charge in [-0.15, -0.1) is 11.3 Å². The maximum absolute atomic E-state index is 13.8. The zero-order valence-electron chi connectivity index (χ0n) is 19.6. The van der Waals surface area contributed by atoms with Gasteiger partial charge in [-0.25, -0.2) is 4.79 Å². The Labute approximate surface area is 206 Å². The van der Waals surface area contributed by atoms with Crippen molar-refractivity contribution in [3.8, 4) is 0 Å². The predicted octanol–water partition coefficient (Wildman–Crippen LogP) is 2.66. The van der Waals surface area contributed by atoms with Crippen LogP contribution in [0.1, 0.15) is 48.0 Å². The van der Waals surface area contributed by atoms with E-state index in [1.165, 1.54) is 27.1 Å². The van der Waals surface area contributed by atoms with Crippen molar-refractivity contribution < 1.29 is 14.0 Å². The highest BCUT2D eigenvalue weighted by molar-refractivity contribution is 7.12. The van der Waals surface area contributed by atoms with E-state index in [9.17, 15) is 19.2 Å². The van der Waals surface area contributed by atoms with Gasteiger partial charge in [0, 0.05) is 19.6 Å². The van der Waals surface area contributed by atoms with Crippen LogP contribution in [0.4, 0.5) is 11.5 Å². The molecule has 3 aromatic rings. The minimum absolute atomic E-state index is 0.0273. The topological polar surface area (TPSA) is 135 Å². The van der Waals surface area contributed by atoms with Crippen molar-refractivity contribution in [1.29, 1.82) is 0 Å². The quantitative estimate of drug-likeness (QED) is 0.489. The second kappa shape index (κ2) is 10.8. The van der Waals surface area contributed by atoms with E-state index in [2.05, 4.69) is 4.98 Å². The van der Waals surface area contributed by atoms with Gasteiger partial charge < -0.3 is 15.1 Å². The molecule has 4 rings (SSSR count). The van der Waals surface area contributed by atoms with Gasteiger partial charge in [0.2, 0.25) is 5.91 Å².